The summed E-state index contributed by atoms with van der Waals surface area (Å²) in [4.78, 5) is 0. The van der Waals surface area contributed by atoms with Gasteiger partial charge in [-0.05, 0) is 29.8 Å². The minimum Gasteiger partial charge on any atom is -0.388 e. The Bertz CT molecular complexity index is 606. The van der Waals surface area contributed by atoms with Gasteiger partial charge in [0.15, 0.2) is 0 Å². The highest BCUT2D eigenvalue weighted by Gasteiger charge is 2.26. The van der Waals surface area contributed by atoms with Crippen LogP contribution in [-0.4, -0.2) is 11.7 Å². The Hall–Kier alpha value is -1.30. The average Bonchev–Trinajstić information content (AvgIpc) is 2.44. The van der Waals surface area contributed by atoms with Crippen molar-refractivity contribution in [1.29, 1.82) is 0 Å². The lowest BCUT2D eigenvalue weighted by molar-refractivity contribution is 0.141. The van der Waals surface area contributed by atoms with Crippen molar-refractivity contribution in [2.45, 2.75) is 12.0 Å². The monoisotopic (exact) mass is 341 g/mol. The van der Waals surface area contributed by atoms with Crippen molar-refractivity contribution in [3.05, 3.63) is 69.7 Å². The van der Waals surface area contributed by atoms with Gasteiger partial charge in [-0.15, -0.1) is 0 Å². The topological polar surface area (TPSA) is 46.2 Å². The second kappa shape index (κ2) is 6.43. The van der Waals surface area contributed by atoms with Crippen LogP contribution in [-0.2, 0) is 0 Å². The summed E-state index contributed by atoms with van der Waals surface area (Å²) in [7, 11) is 0. The summed E-state index contributed by atoms with van der Waals surface area (Å²) in [6.45, 7) is 0.00799. The summed E-state index contributed by atoms with van der Waals surface area (Å²) in [5.74, 6) is -1.71. The van der Waals surface area contributed by atoms with E-state index in [9.17, 15) is 13.9 Å². The van der Waals surface area contributed by atoms with Crippen molar-refractivity contribution >= 4 is 15.9 Å². The second-order valence-electron chi connectivity index (χ2n) is 4.47. The maximum Gasteiger partial charge on any atom is 0.129 e. The van der Waals surface area contributed by atoms with Gasteiger partial charge in [0.05, 0.1) is 6.10 Å². The van der Waals surface area contributed by atoms with Gasteiger partial charge < -0.3 is 10.8 Å². The van der Waals surface area contributed by atoms with Gasteiger partial charge in [-0.25, -0.2) is 8.78 Å². The van der Waals surface area contributed by atoms with E-state index in [2.05, 4.69) is 15.9 Å². The van der Waals surface area contributed by atoms with Crippen molar-refractivity contribution in [2.24, 2.45) is 5.73 Å². The summed E-state index contributed by atoms with van der Waals surface area (Å²) in [6, 6.07) is 10.3. The lowest BCUT2D eigenvalue weighted by Crippen LogP contribution is -2.22. The first-order chi connectivity index (χ1) is 9.54. The van der Waals surface area contributed by atoms with Crippen LogP contribution in [0.3, 0.4) is 0 Å². The summed E-state index contributed by atoms with van der Waals surface area (Å²) >= 11 is 3.22. The predicted molar refractivity (Wildman–Crippen MR) is 77.3 cm³/mol. The highest BCUT2D eigenvalue weighted by atomic mass is 79.9. The van der Waals surface area contributed by atoms with E-state index in [0.717, 1.165) is 0 Å². The zero-order chi connectivity index (χ0) is 14.7. The Balaban J connectivity index is 2.41. The lowest BCUT2D eigenvalue weighted by Gasteiger charge is -2.23. The molecule has 0 bridgehead atoms. The maximum absolute atomic E-state index is 13.8. The first-order valence-electron chi connectivity index (χ1n) is 6.12. The molecule has 0 aliphatic carbocycles. The van der Waals surface area contributed by atoms with Crippen LogP contribution in [0.5, 0.6) is 0 Å². The van der Waals surface area contributed by atoms with E-state index in [1.165, 1.54) is 24.3 Å². The van der Waals surface area contributed by atoms with Crippen molar-refractivity contribution < 1.29 is 13.9 Å². The highest BCUT2D eigenvalue weighted by molar-refractivity contribution is 9.10. The maximum atomic E-state index is 13.8. The molecule has 0 amide bonds. The molecule has 0 saturated heterocycles. The molecule has 0 aromatic heterocycles. The first kappa shape index (κ1) is 15.1. The van der Waals surface area contributed by atoms with E-state index < -0.39 is 23.7 Å². The van der Waals surface area contributed by atoms with E-state index in [0.29, 0.717) is 4.47 Å². The van der Waals surface area contributed by atoms with Crippen LogP contribution in [0.2, 0.25) is 0 Å². The smallest absolute Gasteiger partial charge is 0.129 e. The summed E-state index contributed by atoms with van der Waals surface area (Å²) in [5.41, 5.74) is 6.01. The minimum atomic E-state index is -1.21. The predicted octanol–water partition coefficient (Wildman–Crippen LogP) is 3.50. The number of nitrogens with two attached hydrogens (primary N) is 1. The standard InChI is InChI=1S/C15H14BrF2NO/c16-9-5-6-14(18)11(7-9)15(20)12(8-19)10-3-1-2-4-13(10)17/h1-7,12,15,20H,8,19H2. The lowest BCUT2D eigenvalue weighted by atomic mass is 9.88. The highest BCUT2D eigenvalue weighted by Crippen LogP contribution is 2.33. The van der Waals surface area contributed by atoms with Crippen molar-refractivity contribution in [3.63, 3.8) is 0 Å². The number of hydrogen-bond donors (Lipinski definition) is 2. The average molecular weight is 342 g/mol. The fourth-order valence-corrected chi connectivity index (χ4v) is 2.54. The molecule has 2 rings (SSSR count). The molecule has 2 aromatic rings. The fourth-order valence-electron chi connectivity index (χ4n) is 2.16. The molecule has 106 valence electrons. The minimum absolute atomic E-state index is 0.00799. The molecule has 0 fully saturated rings. The number of benzene rings is 2. The molecule has 5 heteroatoms. The van der Waals surface area contributed by atoms with E-state index >= 15 is 0 Å². The van der Waals surface area contributed by atoms with E-state index in [1.54, 1.807) is 18.2 Å². The summed E-state index contributed by atoms with van der Waals surface area (Å²) in [5, 5.41) is 10.4. The molecule has 2 unspecified atom stereocenters. The van der Waals surface area contributed by atoms with Gasteiger partial charge in [0, 0.05) is 22.5 Å². The van der Waals surface area contributed by atoms with Crippen LogP contribution in [0.25, 0.3) is 0 Å². The zero-order valence-corrected chi connectivity index (χ0v) is 12.1. The third-order valence-corrected chi connectivity index (χ3v) is 3.71. The Kier molecular flexibility index (Phi) is 4.86. The van der Waals surface area contributed by atoms with Crippen LogP contribution < -0.4 is 5.73 Å². The van der Waals surface area contributed by atoms with Crippen molar-refractivity contribution in [3.8, 4) is 0 Å². The summed E-state index contributed by atoms with van der Waals surface area (Å²) in [6.07, 6.45) is -1.21. The van der Waals surface area contributed by atoms with Gasteiger partial charge in [-0.3, -0.25) is 0 Å². The number of rotatable bonds is 4. The van der Waals surface area contributed by atoms with Crippen LogP contribution in [0.1, 0.15) is 23.1 Å². The van der Waals surface area contributed by atoms with Gasteiger partial charge in [-0.1, -0.05) is 34.1 Å². The van der Waals surface area contributed by atoms with Gasteiger partial charge in [0.2, 0.25) is 0 Å². The number of aliphatic hydroxyl groups excluding tert-OH is 1. The van der Waals surface area contributed by atoms with Crippen molar-refractivity contribution in [1.82, 2.24) is 0 Å². The molecule has 0 heterocycles. The zero-order valence-electron chi connectivity index (χ0n) is 10.6. The third kappa shape index (κ3) is 3.06. The molecule has 0 radical (unpaired) electrons. The van der Waals surface area contributed by atoms with Crippen LogP contribution in [0.4, 0.5) is 8.78 Å². The number of halogens is 3. The molecule has 20 heavy (non-hydrogen) atoms. The Labute approximate surface area is 124 Å². The molecule has 2 aromatic carbocycles. The fraction of sp³-hybridized carbons (Fsp3) is 0.200. The molecule has 2 atom stereocenters. The molecular weight excluding hydrogens is 328 g/mol. The molecule has 3 N–H and O–H groups in total. The molecule has 0 aliphatic heterocycles. The van der Waals surface area contributed by atoms with E-state index in [-0.39, 0.29) is 17.7 Å². The van der Waals surface area contributed by atoms with Crippen LogP contribution >= 0.6 is 15.9 Å². The summed E-state index contributed by atoms with van der Waals surface area (Å²) < 4.78 is 28.3. The Morgan fingerprint density at radius 2 is 1.70 bits per heavy atom. The second-order valence-corrected chi connectivity index (χ2v) is 5.39. The van der Waals surface area contributed by atoms with Gasteiger partial charge >= 0.3 is 0 Å². The van der Waals surface area contributed by atoms with Crippen LogP contribution in [0.15, 0.2) is 46.9 Å². The molecular formula is C15H14BrF2NO. The quantitative estimate of drug-likeness (QED) is 0.893. The Morgan fingerprint density at radius 3 is 2.35 bits per heavy atom. The van der Waals surface area contributed by atoms with Gasteiger partial charge in [0.25, 0.3) is 0 Å². The number of hydrogen-bond acceptors (Lipinski definition) is 2. The molecule has 2 nitrogen and oxygen atoms in total. The van der Waals surface area contributed by atoms with E-state index in [1.807, 2.05) is 0 Å². The van der Waals surface area contributed by atoms with E-state index in [4.69, 9.17) is 5.73 Å². The molecule has 0 saturated carbocycles. The van der Waals surface area contributed by atoms with Gasteiger partial charge in [-0.2, -0.15) is 0 Å². The normalized spacial score (nSPS) is 14.1. The van der Waals surface area contributed by atoms with Gasteiger partial charge in [0.1, 0.15) is 11.6 Å². The molecule has 0 spiro atoms. The third-order valence-electron chi connectivity index (χ3n) is 3.22. The molecule has 0 aliphatic rings. The Morgan fingerprint density at radius 1 is 1.05 bits per heavy atom. The largest absolute Gasteiger partial charge is 0.388 e. The first-order valence-corrected chi connectivity index (χ1v) is 6.91. The van der Waals surface area contributed by atoms with Crippen LogP contribution in [0, 0.1) is 11.6 Å². The SMILES string of the molecule is NCC(c1ccccc1F)C(O)c1cc(Br)ccc1F. The van der Waals surface area contributed by atoms with Crippen molar-refractivity contribution in [2.75, 3.05) is 6.54 Å². The number of aliphatic hydroxyl groups is 1.